The average Bonchev–Trinajstić information content (AvgIpc) is 2.51. The van der Waals surface area contributed by atoms with Gasteiger partial charge in [0, 0.05) is 12.6 Å². The van der Waals surface area contributed by atoms with E-state index in [9.17, 15) is 4.79 Å². The zero-order chi connectivity index (χ0) is 15.2. The highest BCUT2D eigenvalue weighted by molar-refractivity contribution is 6.32. The molecule has 0 aromatic carbocycles. The first kappa shape index (κ1) is 16.3. The smallest absolute Gasteiger partial charge is 0.287 e. The summed E-state index contributed by atoms with van der Waals surface area (Å²) >= 11 is 6.22. The van der Waals surface area contributed by atoms with Gasteiger partial charge in [-0.3, -0.25) is 4.79 Å². The van der Waals surface area contributed by atoms with Crippen LogP contribution in [0.2, 0.25) is 5.02 Å². The van der Waals surface area contributed by atoms with Crippen LogP contribution >= 0.6 is 11.6 Å². The van der Waals surface area contributed by atoms with E-state index < -0.39 is 0 Å². The lowest BCUT2D eigenvalue weighted by Gasteiger charge is -2.32. The predicted molar refractivity (Wildman–Crippen MR) is 86.8 cm³/mol. The zero-order valence-corrected chi connectivity index (χ0v) is 13.4. The molecule has 6 heteroatoms. The number of hydrogen-bond donors (Lipinski definition) is 2. The fourth-order valence-electron chi connectivity index (χ4n) is 2.91. The monoisotopic (exact) mass is 312 g/mol. The molecule has 0 amide bonds. The summed E-state index contributed by atoms with van der Waals surface area (Å²) in [7, 11) is 0. The molecule has 1 aromatic rings. The molecule has 2 rings (SSSR count). The molecule has 5 nitrogen and oxygen atoms in total. The number of nitrogens with zero attached hydrogens (tertiary/aromatic N) is 2. The normalized spacial score (nSPS) is 22.2. The molecule has 0 saturated heterocycles. The van der Waals surface area contributed by atoms with Crippen molar-refractivity contribution in [3.63, 3.8) is 0 Å². The quantitative estimate of drug-likeness (QED) is 0.847. The van der Waals surface area contributed by atoms with Crippen molar-refractivity contribution in [2.45, 2.75) is 58.0 Å². The Hall–Kier alpha value is -1.07. The summed E-state index contributed by atoms with van der Waals surface area (Å²) in [6.07, 6.45) is 8.22. The van der Waals surface area contributed by atoms with Crippen LogP contribution in [0.15, 0.2) is 11.0 Å². The highest BCUT2D eigenvalue weighted by atomic mass is 35.5. The van der Waals surface area contributed by atoms with Crippen LogP contribution in [-0.4, -0.2) is 22.4 Å². The second kappa shape index (κ2) is 7.80. The molecule has 2 unspecified atom stereocenters. The van der Waals surface area contributed by atoms with Crippen LogP contribution in [0.4, 0.5) is 5.69 Å². The summed E-state index contributed by atoms with van der Waals surface area (Å²) in [6, 6.07) is 0.286. The summed E-state index contributed by atoms with van der Waals surface area (Å²) in [4.78, 5) is 12.2. The molecule has 1 aromatic heterocycles. The van der Waals surface area contributed by atoms with Gasteiger partial charge in [-0.1, -0.05) is 37.8 Å². The molecule has 1 aliphatic rings. The Kier molecular flexibility index (Phi) is 6.06. The van der Waals surface area contributed by atoms with E-state index in [2.05, 4.69) is 17.3 Å². The van der Waals surface area contributed by atoms with E-state index in [1.165, 1.54) is 17.5 Å². The van der Waals surface area contributed by atoms with Gasteiger partial charge >= 0.3 is 0 Å². The zero-order valence-electron chi connectivity index (χ0n) is 12.6. The fraction of sp³-hybridized carbons (Fsp3) is 0.733. The molecule has 0 aliphatic heterocycles. The Morgan fingerprint density at radius 2 is 2.24 bits per heavy atom. The Morgan fingerprint density at radius 3 is 2.95 bits per heavy atom. The number of anilines is 1. The lowest BCUT2D eigenvalue weighted by Crippen LogP contribution is -2.37. The first-order chi connectivity index (χ1) is 10.2. The first-order valence-electron chi connectivity index (χ1n) is 7.89. The maximum Gasteiger partial charge on any atom is 0.287 e. The maximum atomic E-state index is 12.2. The van der Waals surface area contributed by atoms with Crippen molar-refractivity contribution in [2.24, 2.45) is 11.7 Å². The standard InChI is InChI=1S/C15H25ClN4O/c1-2-3-8-20-15(21)14(16)13(10-18-20)19-12-7-5-4-6-11(12)9-17/h10-12,19H,2-9,17H2,1H3. The van der Waals surface area contributed by atoms with Gasteiger partial charge in [0.1, 0.15) is 5.02 Å². The minimum absolute atomic E-state index is 0.213. The van der Waals surface area contributed by atoms with Gasteiger partial charge in [-0.05, 0) is 31.7 Å². The Bertz CT molecular complexity index is 517. The molecule has 1 fully saturated rings. The summed E-state index contributed by atoms with van der Waals surface area (Å²) < 4.78 is 1.44. The topological polar surface area (TPSA) is 72.9 Å². The van der Waals surface area contributed by atoms with Gasteiger partial charge < -0.3 is 11.1 Å². The third kappa shape index (κ3) is 3.98. The largest absolute Gasteiger partial charge is 0.379 e. The lowest BCUT2D eigenvalue weighted by molar-refractivity contribution is 0.332. The van der Waals surface area contributed by atoms with Crippen LogP contribution < -0.4 is 16.6 Å². The van der Waals surface area contributed by atoms with Crippen LogP contribution in [-0.2, 0) is 6.54 Å². The summed E-state index contributed by atoms with van der Waals surface area (Å²) in [5.74, 6) is 0.442. The van der Waals surface area contributed by atoms with Crippen molar-refractivity contribution in [3.8, 4) is 0 Å². The second-order valence-corrected chi connectivity index (χ2v) is 6.16. The van der Waals surface area contributed by atoms with Gasteiger partial charge in [-0.25, -0.2) is 4.68 Å². The molecule has 118 valence electrons. The summed E-state index contributed by atoms with van der Waals surface area (Å²) in [6.45, 7) is 3.36. The number of aryl methyl sites for hydroxylation is 1. The third-order valence-corrected chi connectivity index (χ3v) is 4.63. The van der Waals surface area contributed by atoms with Crippen LogP contribution in [0.1, 0.15) is 45.4 Å². The molecule has 1 heterocycles. The highest BCUT2D eigenvalue weighted by Crippen LogP contribution is 2.28. The number of nitrogens with one attached hydrogen (secondary N) is 1. The van der Waals surface area contributed by atoms with Gasteiger partial charge in [0.15, 0.2) is 0 Å². The maximum absolute atomic E-state index is 12.2. The molecule has 0 bridgehead atoms. The highest BCUT2D eigenvalue weighted by Gasteiger charge is 2.25. The molecule has 2 atom stereocenters. The van der Waals surface area contributed by atoms with Crippen LogP contribution in [0, 0.1) is 5.92 Å². The molecular weight excluding hydrogens is 288 g/mol. The number of rotatable bonds is 6. The number of halogens is 1. The van der Waals surface area contributed by atoms with E-state index in [1.54, 1.807) is 6.20 Å². The van der Waals surface area contributed by atoms with Gasteiger partial charge in [0.25, 0.3) is 5.56 Å². The van der Waals surface area contributed by atoms with E-state index in [1.807, 2.05) is 0 Å². The van der Waals surface area contributed by atoms with E-state index in [0.29, 0.717) is 24.7 Å². The SMILES string of the molecule is CCCCn1ncc(NC2CCCCC2CN)c(Cl)c1=O. The van der Waals surface area contributed by atoms with Crippen molar-refractivity contribution >= 4 is 17.3 Å². The number of nitrogens with two attached hydrogens (primary N) is 1. The predicted octanol–water partition coefficient (Wildman–Crippen LogP) is 2.63. The molecule has 1 saturated carbocycles. The van der Waals surface area contributed by atoms with Crippen LogP contribution in [0.25, 0.3) is 0 Å². The van der Waals surface area contributed by atoms with Crippen LogP contribution in [0.3, 0.4) is 0 Å². The van der Waals surface area contributed by atoms with Crippen molar-refractivity contribution in [1.82, 2.24) is 9.78 Å². The Balaban J connectivity index is 2.13. The summed E-state index contributed by atoms with van der Waals surface area (Å²) in [5, 5.41) is 7.84. The van der Waals surface area contributed by atoms with Gasteiger partial charge in [0.2, 0.25) is 0 Å². The number of unbranched alkanes of at least 4 members (excludes halogenated alkanes) is 1. The van der Waals surface area contributed by atoms with E-state index in [0.717, 1.165) is 25.7 Å². The summed E-state index contributed by atoms with van der Waals surface area (Å²) in [5.41, 5.74) is 6.27. The van der Waals surface area contributed by atoms with Crippen molar-refractivity contribution < 1.29 is 0 Å². The Morgan fingerprint density at radius 1 is 1.48 bits per heavy atom. The minimum Gasteiger partial charge on any atom is -0.379 e. The van der Waals surface area contributed by atoms with Crippen LogP contribution in [0.5, 0.6) is 0 Å². The van der Waals surface area contributed by atoms with Crippen molar-refractivity contribution in [2.75, 3.05) is 11.9 Å². The van der Waals surface area contributed by atoms with E-state index in [-0.39, 0.29) is 16.6 Å². The number of aromatic nitrogens is 2. The van der Waals surface area contributed by atoms with Crippen molar-refractivity contribution in [3.05, 3.63) is 21.6 Å². The number of hydrogen-bond acceptors (Lipinski definition) is 4. The second-order valence-electron chi connectivity index (χ2n) is 5.79. The van der Waals surface area contributed by atoms with Gasteiger partial charge in [-0.2, -0.15) is 5.10 Å². The molecular formula is C15H25ClN4O. The molecule has 1 aliphatic carbocycles. The minimum atomic E-state index is -0.213. The van der Waals surface area contributed by atoms with E-state index in [4.69, 9.17) is 17.3 Å². The third-order valence-electron chi connectivity index (χ3n) is 4.26. The molecule has 0 radical (unpaired) electrons. The first-order valence-corrected chi connectivity index (χ1v) is 8.27. The van der Waals surface area contributed by atoms with E-state index >= 15 is 0 Å². The molecule has 21 heavy (non-hydrogen) atoms. The van der Waals surface area contributed by atoms with Gasteiger partial charge in [0.05, 0.1) is 11.9 Å². The van der Waals surface area contributed by atoms with Gasteiger partial charge in [-0.15, -0.1) is 0 Å². The fourth-order valence-corrected chi connectivity index (χ4v) is 3.11. The lowest BCUT2D eigenvalue weighted by atomic mass is 9.84. The average molecular weight is 313 g/mol. The molecule has 3 N–H and O–H groups in total. The molecule has 0 spiro atoms. The Labute approximate surface area is 130 Å². The van der Waals surface area contributed by atoms with Crippen molar-refractivity contribution in [1.29, 1.82) is 0 Å².